The van der Waals surface area contributed by atoms with Crippen molar-refractivity contribution in [2.45, 2.75) is 32.1 Å². The van der Waals surface area contributed by atoms with Gasteiger partial charge >= 0.3 is 0 Å². The molecule has 0 spiro atoms. The number of hydrogen-bond acceptors (Lipinski definition) is 2. The van der Waals surface area contributed by atoms with E-state index >= 15 is 0 Å². The van der Waals surface area contributed by atoms with Crippen LogP contribution in [0.3, 0.4) is 0 Å². The van der Waals surface area contributed by atoms with Crippen LogP contribution in [0.1, 0.15) is 41.9 Å². The van der Waals surface area contributed by atoms with Crippen molar-refractivity contribution in [1.82, 2.24) is 0 Å². The van der Waals surface area contributed by atoms with Gasteiger partial charge in [-0.1, -0.05) is 50.2 Å². The zero-order valence-electron chi connectivity index (χ0n) is 10.8. The maximum atomic E-state index is 12.8. The molecule has 0 fully saturated rings. The maximum Gasteiger partial charge on any atom is 0.183 e. The molecule has 0 amide bonds. The largest absolute Gasteiger partial charge is 0.292 e. The lowest BCUT2D eigenvalue weighted by Crippen LogP contribution is -2.34. The minimum Gasteiger partial charge on any atom is -0.292 e. The fourth-order valence-corrected chi connectivity index (χ4v) is 3.27. The molecular formula is C16H18OS. The number of benzene rings is 1. The molecule has 1 heterocycles. The van der Waals surface area contributed by atoms with Crippen molar-refractivity contribution in [3.8, 4) is 0 Å². The Balaban J connectivity index is 2.48. The van der Waals surface area contributed by atoms with Crippen LogP contribution in [0, 0.1) is 0 Å². The molecule has 1 aromatic heterocycles. The number of rotatable bonds is 5. The summed E-state index contributed by atoms with van der Waals surface area (Å²) < 4.78 is 0. The van der Waals surface area contributed by atoms with Gasteiger partial charge in [0.25, 0.3) is 0 Å². The lowest BCUT2D eigenvalue weighted by molar-refractivity contribution is 0.0877. The van der Waals surface area contributed by atoms with E-state index in [1.165, 1.54) is 11.3 Å². The van der Waals surface area contributed by atoms with Crippen molar-refractivity contribution in [2.75, 3.05) is 0 Å². The van der Waals surface area contributed by atoms with Crippen molar-refractivity contribution < 1.29 is 4.79 Å². The average molecular weight is 258 g/mol. The second-order valence-electron chi connectivity index (χ2n) is 4.46. The van der Waals surface area contributed by atoms with Gasteiger partial charge in [0.15, 0.2) is 5.78 Å². The Kier molecular flexibility index (Phi) is 3.97. The minimum atomic E-state index is -0.369. The second kappa shape index (κ2) is 5.49. The van der Waals surface area contributed by atoms with Gasteiger partial charge in [0.1, 0.15) is 0 Å². The number of carbonyl (C=O) groups is 1. The van der Waals surface area contributed by atoms with Crippen LogP contribution in [0.15, 0.2) is 47.8 Å². The smallest absolute Gasteiger partial charge is 0.183 e. The Hall–Kier alpha value is -1.41. The third-order valence-electron chi connectivity index (χ3n) is 3.71. The van der Waals surface area contributed by atoms with Gasteiger partial charge in [0.2, 0.25) is 0 Å². The Morgan fingerprint density at radius 3 is 2.22 bits per heavy atom. The summed E-state index contributed by atoms with van der Waals surface area (Å²) in [7, 11) is 0. The van der Waals surface area contributed by atoms with Gasteiger partial charge in [0, 0.05) is 0 Å². The Bertz CT molecular complexity index is 495. The van der Waals surface area contributed by atoms with Gasteiger partial charge in [-0.3, -0.25) is 4.79 Å². The fraction of sp³-hybridized carbons (Fsp3) is 0.312. The fourth-order valence-electron chi connectivity index (χ4n) is 2.51. The predicted molar refractivity (Wildman–Crippen MR) is 77.4 cm³/mol. The molecule has 1 nitrogen and oxygen atoms in total. The van der Waals surface area contributed by atoms with Crippen LogP contribution in [-0.2, 0) is 5.41 Å². The van der Waals surface area contributed by atoms with E-state index in [1.54, 1.807) is 0 Å². The highest BCUT2D eigenvalue weighted by atomic mass is 32.1. The zero-order valence-corrected chi connectivity index (χ0v) is 11.7. The molecule has 18 heavy (non-hydrogen) atoms. The number of thiophene rings is 1. The Labute approximate surface area is 112 Å². The summed E-state index contributed by atoms with van der Waals surface area (Å²) >= 11 is 1.53. The Morgan fingerprint density at radius 1 is 1.06 bits per heavy atom. The third kappa shape index (κ3) is 2.13. The van der Waals surface area contributed by atoms with Gasteiger partial charge in [-0.2, -0.15) is 0 Å². The first-order valence-corrected chi connectivity index (χ1v) is 7.26. The molecule has 0 N–H and O–H groups in total. The Morgan fingerprint density at radius 2 is 1.72 bits per heavy atom. The van der Waals surface area contributed by atoms with E-state index in [0.29, 0.717) is 0 Å². The summed E-state index contributed by atoms with van der Waals surface area (Å²) in [5.74, 6) is 0.258. The van der Waals surface area contributed by atoms with Gasteiger partial charge in [-0.05, 0) is 29.9 Å². The van der Waals surface area contributed by atoms with Crippen LogP contribution in [0.25, 0.3) is 0 Å². The average Bonchev–Trinajstić information content (AvgIpc) is 2.96. The summed E-state index contributed by atoms with van der Waals surface area (Å²) in [6.45, 7) is 4.20. The third-order valence-corrected chi connectivity index (χ3v) is 4.58. The maximum absolute atomic E-state index is 12.8. The molecule has 0 aliphatic carbocycles. The van der Waals surface area contributed by atoms with E-state index in [0.717, 1.165) is 23.3 Å². The first-order valence-electron chi connectivity index (χ1n) is 6.38. The van der Waals surface area contributed by atoms with Gasteiger partial charge < -0.3 is 0 Å². The van der Waals surface area contributed by atoms with E-state index in [1.807, 2.05) is 35.7 Å². The summed E-state index contributed by atoms with van der Waals surface area (Å²) in [4.78, 5) is 13.7. The van der Waals surface area contributed by atoms with Crippen LogP contribution < -0.4 is 0 Å². The molecule has 1 aromatic carbocycles. The number of hydrogen-bond donors (Lipinski definition) is 0. The monoisotopic (exact) mass is 258 g/mol. The summed E-state index contributed by atoms with van der Waals surface area (Å²) in [6, 6.07) is 14.0. The van der Waals surface area contributed by atoms with Crippen molar-refractivity contribution in [3.63, 3.8) is 0 Å². The summed E-state index contributed by atoms with van der Waals surface area (Å²) in [5.41, 5.74) is 0.764. The lowest BCUT2D eigenvalue weighted by Gasteiger charge is -2.30. The predicted octanol–water partition coefficient (Wildman–Crippen LogP) is 4.69. The zero-order chi connectivity index (χ0) is 13.0. The molecule has 0 saturated heterocycles. The highest BCUT2D eigenvalue weighted by Gasteiger charge is 2.37. The summed E-state index contributed by atoms with van der Waals surface area (Å²) in [5, 5.41) is 1.97. The highest BCUT2D eigenvalue weighted by Crippen LogP contribution is 2.36. The topological polar surface area (TPSA) is 17.1 Å². The van der Waals surface area contributed by atoms with E-state index in [9.17, 15) is 4.79 Å². The van der Waals surface area contributed by atoms with Gasteiger partial charge in [-0.15, -0.1) is 11.3 Å². The van der Waals surface area contributed by atoms with Gasteiger partial charge in [-0.25, -0.2) is 0 Å². The van der Waals surface area contributed by atoms with Gasteiger partial charge in [0.05, 0.1) is 10.3 Å². The molecule has 0 aliphatic rings. The van der Waals surface area contributed by atoms with Crippen molar-refractivity contribution >= 4 is 17.1 Å². The highest BCUT2D eigenvalue weighted by molar-refractivity contribution is 7.12. The minimum absolute atomic E-state index is 0.258. The van der Waals surface area contributed by atoms with Crippen LogP contribution in [0.2, 0.25) is 0 Å². The van der Waals surface area contributed by atoms with Crippen molar-refractivity contribution in [2.24, 2.45) is 0 Å². The van der Waals surface area contributed by atoms with Crippen LogP contribution in [0.5, 0.6) is 0 Å². The molecule has 2 rings (SSSR count). The molecule has 0 aliphatic heterocycles. The quantitative estimate of drug-likeness (QED) is 0.711. The molecule has 0 atom stereocenters. The second-order valence-corrected chi connectivity index (χ2v) is 5.41. The van der Waals surface area contributed by atoms with E-state index in [2.05, 4.69) is 26.0 Å². The number of ketones is 1. The standard InChI is InChI=1S/C16H18OS/c1-3-16(4-2,13-9-6-5-7-10-13)15(17)14-11-8-12-18-14/h5-12H,3-4H2,1-2H3. The number of Topliss-reactive ketones (excluding diaryl/α,β-unsaturated/α-hetero) is 1. The summed E-state index contributed by atoms with van der Waals surface area (Å²) in [6.07, 6.45) is 1.68. The molecule has 0 saturated carbocycles. The lowest BCUT2D eigenvalue weighted by atomic mass is 9.72. The molecule has 2 aromatic rings. The first kappa shape index (κ1) is 13.0. The van der Waals surface area contributed by atoms with E-state index in [-0.39, 0.29) is 11.2 Å². The molecule has 94 valence electrons. The van der Waals surface area contributed by atoms with E-state index < -0.39 is 0 Å². The molecule has 0 radical (unpaired) electrons. The van der Waals surface area contributed by atoms with Crippen LogP contribution in [0.4, 0.5) is 0 Å². The molecule has 0 bridgehead atoms. The van der Waals surface area contributed by atoms with Crippen molar-refractivity contribution in [1.29, 1.82) is 0 Å². The van der Waals surface area contributed by atoms with Crippen LogP contribution >= 0.6 is 11.3 Å². The molecule has 2 heteroatoms. The number of carbonyl (C=O) groups excluding carboxylic acids is 1. The normalized spacial score (nSPS) is 11.4. The van der Waals surface area contributed by atoms with Crippen LogP contribution in [-0.4, -0.2) is 5.78 Å². The molecular weight excluding hydrogens is 240 g/mol. The first-order chi connectivity index (χ1) is 8.74. The molecule has 0 unspecified atom stereocenters. The van der Waals surface area contributed by atoms with E-state index in [4.69, 9.17) is 0 Å². The SMILES string of the molecule is CCC(CC)(C(=O)c1cccs1)c1ccccc1. The van der Waals surface area contributed by atoms with Crippen molar-refractivity contribution in [3.05, 3.63) is 58.3 Å².